The van der Waals surface area contributed by atoms with Crippen molar-refractivity contribution in [1.29, 1.82) is 0 Å². The third-order valence-electron chi connectivity index (χ3n) is 2.43. The minimum absolute atomic E-state index is 0.349. The van der Waals surface area contributed by atoms with Crippen molar-refractivity contribution in [2.24, 2.45) is 0 Å². The van der Waals surface area contributed by atoms with E-state index in [1.165, 1.54) is 12.1 Å². The average molecular weight is 284 g/mol. The van der Waals surface area contributed by atoms with Crippen LogP contribution in [0, 0.1) is 10.1 Å². The lowest BCUT2D eigenvalue weighted by Gasteiger charge is -2.04. The number of benzene rings is 2. The van der Waals surface area contributed by atoms with Crippen molar-refractivity contribution >= 4 is 28.9 Å². The molecule has 0 fully saturated rings. The molecular formula is C12H7Cl2NO3. The molecule has 1 N–H and O–H groups in total. The second kappa shape index (κ2) is 4.84. The lowest BCUT2D eigenvalue weighted by molar-refractivity contribution is -0.385. The van der Waals surface area contributed by atoms with Gasteiger partial charge < -0.3 is 5.11 Å². The molecule has 0 unspecified atom stereocenters. The van der Waals surface area contributed by atoms with Gasteiger partial charge in [0.05, 0.1) is 15.0 Å². The molecule has 0 heterocycles. The fourth-order valence-corrected chi connectivity index (χ4v) is 1.82. The molecule has 0 spiro atoms. The number of aromatic hydroxyl groups is 1. The Hall–Kier alpha value is -1.78. The number of rotatable bonds is 2. The molecule has 2 rings (SSSR count). The lowest BCUT2D eigenvalue weighted by Crippen LogP contribution is -1.89. The largest absolute Gasteiger partial charge is 0.502 e. The van der Waals surface area contributed by atoms with Gasteiger partial charge in [0, 0.05) is 6.07 Å². The summed E-state index contributed by atoms with van der Waals surface area (Å²) in [5, 5.41) is 20.9. The predicted molar refractivity (Wildman–Crippen MR) is 70.2 cm³/mol. The fourth-order valence-electron chi connectivity index (χ4n) is 1.52. The molecule has 2 aromatic carbocycles. The van der Waals surface area contributed by atoms with Crippen molar-refractivity contribution in [3.8, 4) is 16.9 Å². The van der Waals surface area contributed by atoms with E-state index in [-0.39, 0.29) is 11.4 Å². The SMILES string of the molecule is O=[N+]([O-])c1cc(-c2ccc(Cl)c(Cl)c2)ccc1O. The zero-order chi connectivity index (χ0) is 13.3. The van der Waals surface area contributed by atoms with Gasteiger partial charge in [-0.3, -0.25) is 10.1 Å². The molecule has 0 bridgehead atoms. The molecule has 0 amide bonds. The van der Waals surface area contributed by atoms with E-state index in [2.05, 4.69) is 0 Å². The first kappa shape index (κ1) is 12.7. The Morgan fingerprint density at radius 3 is 2.22 bits per heavy atom. The van der Waals surface area contributed by atoms with Gasteiger partial charge >= 0.3 is 5.69 Å². The van der Waals surface area contributed by atoms with Crippen LogP contribution >= 0.6 is 23.2 Å². The smallest absolute Gasteiger partial charge is 0.311 e. The van der Waals surface area contributed by atoms with Crippen molar-refractivity contribution in [3.63, 3.8) is 0 Å². The van der Waals surface area contributed by atoms with Crippen LogP contribution < -0.4 is 0 Å². The first-order valence-electron chi connectivity index (χ1n) is 4.92. The van der Waals surface area contributed by atoms with E-state index in [1.807, 2.05) is 0 Å². The van der Waals surface area contributed by atoms with E-state index in [4.69, 9.17) is 23.2 Å². The molecule has 0 aromatic heterocycles. The molecule has 0 saturated heterocycles. The number of phenols is 1. The zero-order valence-corrected chi connectivity index (χ0v) is 10.4. The second-order valence-electron chi connectivity index (χ2n) is 3.59. The van der Waals surface area contributed by atoms with Crippen LogP contribution in [0.15, 0.2) is 36.4 Å². The topological polar surface area (TPSA) is 63.4 Å². The van der Waals surface area contributed by atoms with Crippen LogP contribution in [0.1, 0.15) is 0 Å². The summed E-state index contributed by atoms with van der Waals surface area (Å²) in [6.45, 7) is 0. The molecule has 0 atom stereocenters. The van der Waals surface area contributed by atoms with Crippen LogP contribution in [0.25, 0.3) is 11.1 Å². The summed E-state index contributed by atoms with van der Waals surface area (Å²) < 4.78 is 0. The maximum Gasteiger partial charge on any atom is 0.311 e. The van der Waals surface area contributed by atoms with Crippen LogP contribution in [0.3, 0.4) is 0 Å². The van der Waals surface area contributed by atoms with Crippen LogP contribution in [-0.4, -0.2) is 10.0 Å². The normalized spacial score (nSPS) is 10.3. The number of phenolic OH excluding ortho intramolecular Hbond substituents is 1. The number of nitro benzene ring substituents is 1. The van der Waals surface area contributed by atoms with Crippen LogP contribution in [0.4, 0.5) is 5.69 Å². The zero-order valence-electron chi connectivity index (χ0n) is 8.93. The number of hydrogen-bond donors (Lipinski definition) is 1. The Labute approximate surface area is 113 Å². The lowest BCUT2D eigenvalue weighted by atomic mass is 10.0. The standard InChI is InChI=1S/C12H7Cl2NO3/c13-9-3-1-7(5-10(9)14)8-2-4-12(16)11(6-8)15(17)18/h1-6,16H. The van der Waals surface area contributed by atoms with Gasteiger partial charge in [0.25, 0.3) is 0 Å². The average Bonchev–Trinajstić information content (AvgIpc) is 2.33. The van der Waals surface area contributed by atoms with E-state index >= 15 is 0 Å². The molecule has 0 aliphatic carbocycles. The Balaban J connectivity index is 2.54. The Bertz CT molecular complexity index is 629. The molecule has 0 aliphatic rings. The predicted octanol–water partition coefficient (Wildman–Crippen LogP) is 4.27. The van der Waals surface area contributed by atoms with Crippen molar-refractivity contribution in [3.05, 3.63) is 56.6 Å². The minimum atomic E-state index is -0.643. The highest BCUT2D eigenvalue weighted by atomic mass is 35.5. The first-order valence-corrected chi connectivity index (χ1v) is 5.67. The number of nitro groups is 1. The van der Waals surface area contributed by atoms with E-state index in [1.54, 1.807) is 24.3 Å². The van der Waals surface area contributed by atoms with E-state index in [0.717, 1.165) is 0 Å². The van der Waals surface area contributed by atoms with Crippen LogP contribution in [0.2, 0.25) is 10.0 Å². The maximum absolute atomic E-state index is 10.7. The Morgan fingerprint density at radius 2 is 1.61 bits per heavy atom. The van der Waals surface area contributed by atoms with Crippen molar-refractivity contribution in [2.75, 3.05) is 0 Å². The Morgan fingerprint density at radius 1 is 1.00 bits per heavy atom. The quantitative estimate of drug-likeness (QED) is 0.661. The van der Waals surface area contributed by atoms with Gasteiger partial charge in [-0.1, -0.05) is 35.3 Å². The summed E-state index contributed by atoms with van der Waals surface area (Å²) >= 11 is 11.7. The van der Waals surface area contributed by atoms with E-state index < -0.39 is 4.92 Å². The highest BCUT2D eigenvalue weighted by Crippen LogP contribution is 2.33. The maximum atomic E-state index is 10.7. The van der Waals surface area contributed by atoms with Gasteiger partial charge in [0.2, 0.25) is 0 Å². The van der Waals surface area contributed by atoms with Gasteiger partial charge in [-0.15, -0.1) is 0 Å². The molecule has 92 valence electrons. The van der Waals surface area contributed by atoms with E-state index in [0.29, 0.717) is 21.2 Å². The third-order valence-corrected chi connectivity index (χ3v) is 3.16. The highest BCUT2D eigenvalue weighted by Gasteiger charge is 2.14. The number of nitrogens with zero attached hydrogens (tertiary/aromatic N) is 1. The van der Waals surface area contributed by atoms with E-state index in [9.17, 15) is 15.2 Å². The fraction of sp³-hybridized carbons (Fsp3) is 0. The summed E-state index contributed by atoms with van der Waals surface area (Å²) in [4.78, 5) is 10.1. The summed E-state index contributed by atoms with van der Waals surface area (Å²) in [6, 6.07) is 9.05. The number of hydrogen-bond acceptors (Lipinski definition) is 3. The van der Waals surface area contributed by atoms with Gasteiger partial charge in [0.15, 0.2) is 5.75 Å². The van der Waals surface area contributed by atoms with Crippen molar-refractivity contribution in [2.45, 2.75) is 0 Å². The molecule has 2 aromatic rings. The third kappa shape index (κ3) is 2.39. The monoisotopic (exact) mass is 283 g/mol. The molecule has 4 nitrogen and oxygen atoms in total. The summed E-state index contributed by atoms with van der Waals surface area (Å²) in [5.74, 6) is -0.371. The minimum Gasteiger partial charge on any atom is -0.502 e. The van der Waals surface area contributed by atoms with Gasteiger partial charge in [-0.2, -0.15) is 0 Å². The highest BCUT2D eigenvalue weighted by molar-refractivity contribution is 6.42. The summed E-state index contributed by atoms with van der Waals surface area (Å²) in [6.07, 6.45) is 0. The Kier molecular flexibility index (Phi) is 3.41. The van der Waals surface area contributed by atoms with Crippen molar-refractivity contribution in [1.82, 2.24) is 0 Å². The van der Waals surface area contributed by atoms with Crippen LogP contribution in [0.5, 0.6) is 5.75 Å². The molecule has 0 aliphatic heterocycles. The van der Waals surface area contributed by atoms with Gasteiger partial charge in [0.1, 0.15) is 0 Å². The molecular weight excluding hydrogens is 277 g/mol. The summed E-state index contributed by atoms with van der Waals surface area (Å²) in [7, 11) is 0. The number of halogens is 2. The molecule has 6 heteroatoms. The molecule has 0 saturated carbocycles. The van der Waals surface area contributed by atoms with Crippen LogP contribution in [-0.2, 0) is 0 Å². The molecule has 0 radical (unpaired) electrons. The van der Waals surface area contributed by atoms with Crippen molar-refractivity contribution < 1.29 is 10.0 Å². The second-order valence-corrected chi connectivity index (χ2v) is 4.40. The molecule has 18 heavy (non-hydrogen) atoms. The first-order chi connectivity index (χ1) is 8.49. The van der Waals surface area contributed by atoms with Gasteiger partial charge in [-0.05, 0) is 29.3 Å². The summed E-state index contributed by atoms with van der Waals surface area (Å²) in [5.41, 5.74) is 0.920. The van der Waals surface area contributed by atoms with Gasteiger partial charge in [-0.25, -0.2) is 0 Å².